The van der Waals surface area contributed by atoms with Crippen LogP contribution in [0.4, 0.5) is 28.4 Å². The Morgan fingerprint density at radius 3 is 1.85 bits per heavy atom. The molecule has 0 radical (unpaired) electrons. The van der Waals surface area contributed by atoms with Gasteiger partial charge in [-0.3, -0.25) is 30.3 Å². The molecule has 26 heavy (non-hydrogen) atoms. The van der Waals surface area contributed by atoms with Gasteiger partial charge in [-0.05, 0) is 12.1 Å². The number of hydrogen-bond acceptors (Lipinski definition) is 8. The van der Waals surface area contributed by atoms with E-state index >= 15 is 0 Å². The molecular weight excluding hydrogens is 393 g/mol. The van der Waals surface area contributed by atoms with Crippen LogP contribution in [0, 0.1) is 41.7 Å². The number of nitrogens with zero attached hydrogens (tertiary/aromatic N) is 4. The van der Waals surface area contributed by atoms with Crippen molar-refractivity contribution in [1.82, 2.24) is 0 Å². The molecule has 0 amide bonds. The smallest absolute Gasteiger partial charge is 0.306 e. The molecule has 0 aliphatic heterocycles. The Labute approximate surface area is 153 Å². The highest BCUT2D eigenvalue weighted by atomic mass is 35.5. The Morgan fingerprint density at radius 2 is 1.42 bits per heavy atom. The summed E-state index contributed by atoms with van der Waals surface area (Å²) in [5, 5.41) is 44.5. The topological polar surface area (TPSA) is 165 Å². The fourth-order valence-corrected chi connectivity index (χ4v) is 2.40. The minimum absolute atomic E-state index is 0.0231. The van der Waals surface area contributed by atoms with Crippen molar-refractivity contribution in [3.8, 4) is 6.07 Å². The predicted octanol–water partition coefficient (Wildman–Crippen LogP) is 4.33. The first-order chi connectivity index (χ1) is 12.1. The second-order valence-corrected chi connectivity index (χ2v) is 5.49. The molecular formula is C13H5Cl2N5O6. The molecule has 0 aromatic heterocycles. The second kappa shape index (κ2) is 7.18. The van der Waals surface area contributed by atoms with Gasteiger partial charge in [-0.25, -0.2) is 0 Å². The second-order valence-electron chi connectivity index (χ2n) is 4.68. The maximum absolute atomic E-state index is 11.2. The van der Waals surface area contributed by atoms with Crippen LogP contribution in [0.2, 0.25) is 10.0 Å². The van der Waals surface area contributed by atoms with Gasteiger partial charge in [-0.2, -0.15) is 5.26 Å². The van der Waals surface area contributed by atoms with Crippen LogP contribution in [0.1, 0.15) is 5.56 Å². The maximum atomic E-state index is 11.2. The largest absolute Gasteiger partial charge is 0.343 e. The average molecular weight is 398 g/mol. The lowest BCUT2D eigenvalue weighted by Gasteiger charge is -2.10. The number of halogens is 2. The van der Waals surface area contributed by atoms with E-state index in [2.05, 4.69) is 5.32 Å². The molecule has 0 unspecified atom stereocenters. The molecule has 2 aromatic rings. The van der Waals surface area contributed by atoms with Crippen LogP contribution in [-0.4, -0.2) is 14.8 Å². The van der Waals surface area contributed by atoms with Gasteiger partial charge in [0.25, 0.3) is 5.69 Å². The van der Waals surface area contributed by atoms with Crippen molar-refractivity contribution < 1.29 is 14.8 Å². The van der Waals surface area contributed by atoms with Gasteiger partial charge in [0, 0.05) is 0 Å². The minimum atomic E-state index is -1.01. The fraction of sp³-hybridized carbons (Fsp3) is 0. The van der Waals surface area contributed by atoms with Gasteiger partial charge in [-0.1, -0.05) is 23.2 Å². The summed E-state index contributed by atoms with van der Waals surface area (Å²) in [5.74, 6) is 0. The first-order valence-electron chi connectivity index (χ1n) is 6.43. The van der Waals surface area contributed by atoms with E-state index in [0.29, 0.717) is 12.1 Å². The van der Waals surface area contributed by atoms with E-state index in [9.17, 15) is 30.3 Å². The zero-order chi connectivity index (χ0) is 19.6. The number of nitrogens with one attached hydrogen (secondary N) is 1. The van der Waals surface area contributed by atoms with E-state index < -0.39 is 37.5 Å². The lowest BCUT2D eigenvalue weighted by molar-refractivity contribution is -0.401. The third-order valence-corrected chi connectivity index (χ3v) is 3.75. The summed E-state index contributed by atoms with van der Waals surface area (Å²) in [5.41, 5.74) is -3.28. The number of nitro groups is 3. The van der Waals surface area contributed by atoms with E-state index in [1.165, 1.54) is 0 Å². The van der Waals surface area contributed by atoms with Gasteiger partial charge in [-0.15, -0.1) is 0 Å². The summed E-state index contributed by atoms with van der Waals surface area (Å²) in [4.78, 5) is 30.3. The zero-order valence-electron chi connectivity index (χ0n) is 12.3. The number of nitro benzene ring substituents is 3. The minimum Gasteiger partial charge on any atom is -0.343 e. The summed E-state index contributed by atoms with van der Waals surface area (Å²) >= 11 is 11.8. The van der Waals surface area contributed by atoms with Gasteiger partial charge in [0.2, 0.25) is 0 Å². The van der Waals surface area contributed by atoms with Crippen LogP contribution in [0.3, 0.4) is 0 Å². The van der Waals surface area contributed by atoms with E-state index in [4.69, 9.17) is 28.5 Å². The van der Waals surface area contributed by atoms with Crippen LogP contribution in [-0.2, 0) is 0 Å². The Bertz CT molecular complexity index is 968. The summed E-state index contributed by atoms with van der Waals surface area (Å²) < 4.78 is 0. The summed E-state index contributed by atoms with van der Waals surface area (Å²) in [6.45, 7) is 0. The van der Waals surface area contributed by atoms with Crippen molar-refractivity contribution in [3.05, 3.63) is 70.2 Å². The molecule has 2 rings (SSSR count). The molecule has 1 N–H and O–H groups in total. The molecule has 11 nitrogen and oxygen atoms in total. The summed E-state index contributed by atoms with van der Waals surface area (Å²) in [7, 11) is 0. The number of non-ortho nitro benzene ring substituents is 1. The monoisotopic (exact) mass is 397 g/mol. The first-order valence-corrected chi connectivity index (χ1v) is 7.18. The Hall–Kier alpha value is -3.49. The summed E-state index contributed by atoms with van der Waals surface area (Å²) in [6, 6.07) is 5.24. The quantitative estimate of drug-likeness (QED) is 0.574. The van der Waals surface area contributed by atoms with Crippen LogP contribution >= 0.6 is 23.2 Å². The number of hydrogen-bond donors (Lipinski definition) is 1. The standard InChI is InChI=1S/C13H5Cl2N5O6/c14-8-4-10(9(15)1-6(8)5-16)17-13-11(19(23)24)2-7(18(21)22)3-12(13)20(25)26/h1-4,17H. The molecule has 0 saturated heterocycles. The van der Waals surface area contributed by atoms with Crippen LogP contribution < -0.4 is 5.32 Å². The molecule has 0 aliphatic rings. The average Bonchev–Trinajstić information content (AvgIpc) is 2.56. The van der Waals surface area contributed by atoms with Gasteiger partial charge >= 0.3 is 11.4 Å². The third kappa shape index (κ3) is 3.61. The first kappa shape index (κ1) is 18.8. The molecule has 0 fully saturated rings. The zero-order valence-corrected chi connectivity index (χ0v) is 13.8. The van der Waals surface area contributed by atoms with E-state index in [-0.39, 0.29) is 21.3 Å². The molecule has 132 valence electrons. The van der Waals surface area contributed by atoms with E-state index in [1.54, 1.807) is 6.07 Å². The molecule has 0 spiro atoms. The van der Waals surface area contributed by atoms with Crippen molar-refractivity contribution in [2.75, 3.05) is 5.32 Å². The van der Waals surface area contributed by atoms with E-state index in [1.807, 2.05) is 0 Å². The molecule has 0 saturated carbocycles. The molecule has 2 aromatic carbocycles. The number of anilines is 2. The lowest BCUT2D eigenvalue weighted by Crippen LogP contribution is -2.04. The van der Waals surface area contributed by atoms with Gasteiger partial charge in [0.05, 0.1) is 48.2 Å². The summed E-state index contributed by atoms with van der Waals surface area (Å²) in [6.07, 6.45) is 0. The maximum Gasteiger partial charge on any atom is 0.306 e. The number of nitriles is 1. The van der Waals surface area contributed by atoms with Crippen LogP contribution in [0.15, 0.2) is 24.3 Å². The SMILES string of the molecule is N#Cc1cc(Cl)c(Nc2c([N+](=O)[O-])cc([N+](=O)[O-])cc2[N+](=O)[O-])cc1Cl. The van der Waals surface area contributed by atoms with Crippen molar-refractivity contribution in [1.29, 1.82) is 5.26 Å². The molecule has 0 atom stereocenters. The molecule has 0 bridgehead atoms. The van der Waals surface area contributed by atoms with Crippen molar-refractivity contribution in [2.45, 2.75) is 0 Å². The Morgan fingerprint density at radius 1 is 0.885 bits per heavy atom. The lowest BCUT2D eigenvalue weighted by atomic mass is 10.1. The molecule has 0 heterocycles. The predicted molar refractivity (Wildman–Crippen MR) is 90.9 cm³/mol. The third-order valence-electron chi connectivity index (χ3n) is 3.12. The molecule has 0 aliphatic carbocycles. The number of rotatable bonds is 5. The Kier molecular flexibility index (Phi) is 5.20. The molecule has 13 heteroatoms. The highest BCUT2D eigenvalue weighted by Gasteiger charge is 2.31. The fourth-order valence-electron chi connectivity index (χ4n) is 1.98. The van der Waals surface area contributed by atoms with Gasteiger partial charge in [0.1, 0.15) is 6.07 Å². The highest BCUT2D eigenvalue weighted by Crippen LogP contribution is 2.42. The van der Waals surface area contributed by atoms with Crippen molar-refractivity contribution in [2.24, 2.45) is 0 Å². The number of benzene rings is 2. The Balaban J connectivity index is 2.71. The van der Waals surface area contributed by atoms with E-state index in [0.717, 1.165) is 12.1 Å². The van der Waals surface area contributed by atoms with Gasteiger partial charge in [0.15, 0.2) is 5.69 Å². The van der Waals surface area contributed by atoms with Crippen molar-refractivity contribution >= 4 is 51.6 Å². The van der Waals surface area contributed by atoms with Crippen molar-refractivity contribution in [3.63, 3.8) is 0 Å². The van der Waals surface area contributed by atoms with Crippen LogP contribution in [0.25, 0.3) is 0 Å². The highest BCUT2D eigenvalue weighted by molar-refractivity contribution is 6.36. The normalized spacial score (nSPS) is 10.0. The van der Waals surface area contributed by atoms with Gasteiger partial charge < -0.3 is 5.32 Å². The van der Waals surface area contributed by atoms with Crippen LogP contribution in [0.5, 0.6) is 0 Å².